The fourth-order valence-electron chi connectivity index (χ4n) is 4.39. The number of aliphatic imine (C=N–C) groups is 1. The first-order chi connectivity index (χ1) is 14.7. The van der Waals surface area contributed by atoms with Gasteiger partial charge in [-0.15, -0.1) is 24.0 Å². The number of guanidine groups is 1. The third kappa shape index (κ3) is 6.71. The van der Waals surface area contributed by atoms with Crippen molar-refractivity contribution in [2.75, 3.05) is 26.2 Å². The average Bonchev–Trinajstić information content (AvgIpc) is 3.40. The second-order valence-corrected chi connectivity index (χ2v) is 7.91. The highest BCUT2D eigenvalue weighted by Crippen LogP contribution is 2.24. The standard InChI is InChI=1S/C23H38N6O.HI/c1-5-19-18(20(6-2)28(4)27-19)16-25-23(24-7-3)26-17-21(22-12-11-15-30-22)29-13-9-8-10-14-29;/h11-12,15,21H,5-10,13-14,16-17H2,1-4H3,(H2,24,25,26);1H. The third-order valence-corrected chi connectivity index (χ3v) is 5.93. The first kappa shape index (κ1) is 25.7. The first-order valence-electron chi connectivity index (χ1n) is 11.5. The molecule has 3 heterocycles. The highest BCUT2D eigenvalue weighted by atomic mass is 127. The van der Waals surface area contributed by atoms with Crippen molar-refractivity contribution in [2.24, 2.45) is 12.0 Å². The summed E-state index contributed by atoms with van der Waals surface area (Å²) in [4.78, 5) is 7.44. The van der Waals surface area contributed by atoms with E-state index < -0.39 is 0 Å². The number of likely N-dealkylation sites (tertiary alicyclic amines) is 1. The summed E-state index contributed by atoms with van der Waals surface area (Å²) in [7, 11) is 2.03. The molecule has 0 bridgehead atoms. The number of halogens is 1. The van der Waals surface area contributed by atoms with Gasteiger partial charge in [0.15, 0.2) is 5.96 Å². The van der Waals surface area contributed by atoms with E-state index in [-0.39, 0.29) is 30.0 Å². The largest absolute Gasteiger partial charge is 0.468 e. The molecular formula is C23H39IN6O. The molecule has 3 rings (SSSR count). The maximum Gasteiger partial charge on any atom is 0.191 e. The van der Waals surface area contributed by atoms with Crippen molar-refractivity contribution in [3.05, 3.63) is 41.1 Å². The van der Waals surface area contributed by atoms with E-state index in [1.165, 1.54) is 30.5 Å². The summed E-state index contributed by atoms with van der Waals surface area (Å²) in [5.74, 6) is 1.87. The van der Waals surface area contributed by atoms with Crippen LogP contribution in [0.15, 0.2) is 27.8 Å². The average molecular weight is 543 g/mol. The third-order valence-electron chi connectivity index (χ3n) is 5.93. The zero-order chi connectivity index (χ0) is 21.3. The van der Waals surface area contributed by atoms with Crippen molar-refractivity contribution in [2.45, 2.75) is 65.5 Å². The highest BCUT2D eigenvalue weighted by Gasteiger charge is 2.24. The number of aryl methyl sites for hydroxylation is 2. The molecule has 1 fully saturated rings. The Morgan fingerprint density at radius 1 is 1.16 bits per heavy atom. The van der Waals surface area contributed by atoms with Gasteiger partial charge in [-0.1, -0.05) is 20.3 Å². The molecule has 7 nitrogen and oxygen atoms in total. The normalized spacial score (nSPS) is 16.1. The van der Waals surface area contributed by atoms with Crippen LogP contribution in [0.5, 0.6) is 0 Å². The lowest BCUT2D eigenvalue weighted by Crippen LogP contribution is -2.44. The number of hydrogen-bond acceptors (Lipinski definition) is 4. The van der Waals surface area contributed by atoms with Gasteiger partial charge in [-0.3, -0.25) is 9.58 Å². The van der Waals surface area contributed by atoms with Crippen LogP contribution in [0.1, 0.15) is 68.8 Å². The van der Waals surface area contributed by atoms with Crippen LogP contribution in [0.4, 0.5) is 0 Å². The van der Waals surface area contributed by atoms with E-state index in [2.05, 4.69) is 47.5 Å². The molecule has 0 aromatic carbocycles. The second kappa shape index (κ2) is 13.1. The van der Waals surface area contributed by atoms with Crippen molar-refractivity contribution in [3.8, 4) is 0 Å². The van der Waals surface area contributed by atoms with Crippen LogP contribution in [-0.4, -0.2) is 46.8 Å². The van der Waals surface area contributed by atoms with Crippen LogP contribution in [0.2, 0.25) is 0 Å². The zero-order valence-corrected chi connectivity index (χ0v) is 21.8. The van der Waals surface area contributed by atoms with E-state index in [0.717, 1.165) is 56.4 Å². The molecule has 0 spiro atoms. The second-order valence-electron chi connectivity index (χ2n) is 7.91. The molecule has 31 heavy (non-hydrogen) atoms. The van der Waals surface area contributed by atoms with Crippen LogP contribution < -0.4 is 10.6 Å². The van der Waals surface area contributed by atoms with Crippen LogP contribution in [0.3, 0.4) is 0 Å². The maximum atomic E-state index is 5.78. The molecule has 0 saturated carbocycles. The highest BCUT2D eigenvalue weighted by molar-refractivity contribution is 14.0. The van der Waals surface area contributed by atoms with Gasteiger partial charge in [0.25, 0.3) is 0 Å². The minimum Gasteiger partial charge on any atom is -0.468 e. The van der Waals surface area contributed by atoms with Gasteiger partial charge in [0.05, 0.1) is 24.5 Å². The van der Waals surface area contributed by atoms with E-state index in [1.54, 1.807) is 6.26 Å². The van der Waals surface area contributed by atoms with Gasteiger partial charge in [-0.05, 0) is 57.8 Å². The van der Waals surface area contributed by atoms with Crippen molar-refractivity contribution in [1.82, 2.24) is 25.3 Å². The maximum absolute atomic E-state index is 5.78. The van der Waals surface area contributed by atoms with Gasteiger partial charge < -0.3 is 15.1 Å². The monoisotopic (exact) mass is 542 g/mol. The van der Waals surface area contributed by atoms with Crippen LogP contribution in [-0.2, 0) is 26.4 Å². The van der Waals surface area contributed by atoms with Gasteiger partial charge in [0, 0.05) is 31.4 Å². The Kier molecular flexibility index (Phi) is 10.9. The lowest BCUT2D eigenvalue weighted by atomic mass is 10.1. The van der Waals surface area contributed by atoms with Gasteiger partial charge in [-0.2, -0.15) is 5.10 Å². The number of rotatable bonds is 9. The summed E-state index contributed by atoms with van der Waals surface area (Å²) in [6.45, 7) is 10.9. The molecular weight excluding hydrogens is 503 g/mol. The topological polar surface area (TPSA) is 70.6 Å². The molecule has 8 heteroatoms. The summed E-state index contributed by atoms with van der Waals surface area (Å²) in [6.07, 6.45) is 7.50. The van der Waals surface area contributed by atoms with E-state index >= 15 is 0 Å². The molecule has 1 saturated heterocycles. The Morgan fingerprint density at radius 3 is 2.55 bits per heavy atom. The molecule has 1 aliphatic heterocycles. The Balaban J connectivity index is 0.00000341. The first-order valence-corrected chi connectivity index (χ1v) is 11.5. The fourth-order valence-corrected chi connectivity index (χ4v) is 4.39. The lowest BCUT2D eigenvalue weighted by molar-refractivity contribution is 0.146. The predicted molar refractivity (Wildman–Crippen MR) is 137 cm³/mol. The summed E-state index contributed by atoms with van der Waals surface area (Å²) in [5.41, 5.74) is 3.68. The van der Waals surface area contributed by atoms with Gasteiger partial charge in [0.1, 0.15) is 5.76 Å². The minimum absolute atomic E-state index is 0. The summed E-state index contributed by atoms with van der Waals surface area (Å²) in [5, 5.41) is 11.6. The Morgan fingerprint density at radius 2 is 1.94 bits per heavy atom. The molecule has 2 aromatic rings. The van der Waals surface area contributed by atoms with Crippen molar-refractivity contribution in [3.63, 3.8) is 0 Å². The number of furan rings is 1. The van der Waals surface area contributed by atoms with Crippen molar-refractivity contribution >= 4 is 29.9 Å². The van der Waals surface area contributed by atoms with Crippen LogP contribution in [0, 0.1) is 0 Å². The smallest absolute Gasteiger partial charge is 0.191 e. The van der Waals surface area contributed by atoms with Gasteiger partial charge in [-0.25, -0.2) is 4.99 Å². The van der Waals surface area contributed by atoms with Crippen molar-refractivity contribution in [1.29, 1.82) is 0 Å². The van der Waals surface area contributed by atoms with Gasteiger partial charge >= 0.3 is 0 Å². The molecule has 2 N–H and O–H groups in total. The van der Waals surface area contributed by atoms with Crippen LogP contribution >= 0.6 is 24.0 Å². The molecule has 1 unspecified atom stereocenters. The quantitative estimate of drug-likeness (QED) is 0.285. The SMILES string of the molecule is CCNC(=NCc1c(CC)nn(C)c1CC)NCC(c1ccco1)N1CCCCC1.I. The van der Waals surface area contributed by atoms with E-state index in [0.29, 0.717) is 6.54 Å². The van der Waals surface area contributed by atoms with E-state index in [1.807, 2.05) is 17.8 Å². The summed E-state index contributed by atoms with van der Waals surface area (Å²) >= 11 is 0. The number of piperidine rings is 1. The molecule has 1 aliphatic rings. The number of nitrogens with zero attached hydrogens (tertiary/aromatic N) is 4. The van der Waals surface area contributed by atoms with E-state index in [4.69, 9.17) is 9.41 Å². The molecule has 0 aliphatic carbocycles. The van der Waals surface area contributed by atoms with Gasteiger partial charge in [0.2, 0.25) is 0 Å². The van der Waals surface area contributed by atoms with Crippen molar-refractivity contribution < 1.29 is 4.42 Å². The summed E-state index contributed by atoms with van der Waals surface area (Å²) in [6, 6.07) is 4.29. The zero-order valence-electron chi connectivity index (χ0n) is 19.5. The Bertz CT molecular complexity index is 795. The fraction of sp³-hybridized carbons (Fsp3) is 0.652. The number of nitrogens with one attached hydrogen (secondary N) is 2. The molecule has 2 aromatic heterocycles. The Labute approximate surface area is 204 Å². The van der Waals surface area contributed by atoms with Crippen LogP contribution in [0.25, 0.3) is 0 Å². The Hall–Kier alpha value is -1.55. The molecule has 174 valence electrons. The lowest BCUT2D eigenvalue weighted by Gasteiger charge is -2.33. The minimum atomic E-state index is 0. The predicted octanol–water partition coefficient (Wildman–Crippen LogP) is 4.04. The molecule has 1 atom stereocenters. The number of aromatic nitrogens is 2. The molecule has 0 amide bonds. The number of hydrogen-bond donors (Lipinski definition) is 2. The summed E-state index contributed by atoms with van der Waals surface area (Å²) < 4.78 is 7.79. The van der Waals surface area contributed by atoms with E-state index in [9.17, 15) is 0 Å². The molecule has 0 radical (unpaired) electrons.